The first-order valence-electron chi connectivity index (χ1n) is 4.99. The van der Waals surface area contributed by atoms with Gasteiger partial charge in [0.25, 0.3) is 0 Å². The van der Waals surface area contributed by atoms with Gasteiger partial charge >= 0.3 is 0 Å². The average molecular weight is 204 g/mol. The SMILES string of the molecule is CCOc1cccc(C#CC(C)(C)O)c1. The molecule has 0 heterocycles. The summed E-state index contributed by atoms with van der Waals surface area (Å²) in [6, 6.07) is 7.53. The number of aliphatic hydroxyl groups is 1. The number of benzene rings is 1. The molecule has 0 aliphatic carbocycles. The van der Waals surface area contributed by atoms with E-state index in [-0.39, 0.29) is 0 Å². The lowest BCUT2D eigenvalue weighted by atomic mass is 10.1. The molecular weight excluding hydrogens is 188 g/mol. The van der Waals surface area contributed by atoms with Crippen LogP contribution in [0.15, 0.2) is 24.3 Å². The van der Waals surface area contributed by atoms with Gasteiger partial charge in [0.05, 0.1) is 6.61 Å². The quantitative estimate of drug-likeness (QED) is 0.748. The zero-order valence-corrected chi connectivity index (χ0v) is 9.37. The van der Waals surface area contributed by atoms with Gasteiger partial charge in [-0.3, -0.25) is 0 Å². The number of hydrogen-bond donors (Lipinski definition) is 1. The van der Waals surface area contributed by atoms with Crippen molar-refractivity contribution in [1.29, 1.82) is 0 Å². The van der Waals surface area contributed by atoms with Crippen molar-refractivity contribution in [2.75, 3.05) is 6.61 Å². The summed E-state index contributed by atoms with van der Waals surface area (Å²) in [7, 11) is 0. The van der Waals surface area contributed by atoms with Gasteiger partial charge in [-0.05, 0) is 39.0 Å². The summed E-state index contributed by atoms with van der Waals surface area (Å²) in [5.74, 6) is 6.47. The zero-order chi connectivity index (χ0) is 11.3. The second-order valence-electron chi connectivity index (χ2n) is 3.77. The molecule has 0 bridgehead atoms. The summed E-state index contributed by atoms with van der Waals surface area (Å²) in [5.41, 5.74) is -0.107. The topological polar surface area (TPSA) is 29.5 Å². The van der Waals surface area contributed by atoms with Crippen molar-refractivity contribution in [3.63, 3.8) is 0 Å². The van der Waals surface area contributed by atoms with Crippen LogP contribution in [0.5, 0.6) is 5.75 Å². The Balaban J connectivity index is 2.85. The minimum absolute atomic E-state index is 0.641. The summed E-state index contributed by atoms with van der Waals surface area (Å²) >= 11 is 0. The highest BCUT2D eigenvalue weighted by molar-refractivity contribution is 5.40. The molecule has 1 rings (SSSR count). The maximum absolute atomic E-state index is 9.45. The lowest BCUT2D eigenvalue weighted by Crippen LogP contribution is -2.14. The minimum atomic E-state index is -0.957. The third kappa shape index (κ3) is 4.53. The van der Waals surface area contributed by atoms with Crippen LogP contribution in [0.25, 0.3) is 0 Å². The van der Waals surface area contributed by atoms with Crippen LogP contribution in [0.4, 0.5) is 0 Å². The highest BCUT2D eigenvalue weighted by Gasteiger charge is 2.05. The van der Waals surface area contributed by atoms with Gasteiger partial charge in [0.1, 0.15) is 11.4 Å². The van der Waals surface area contributed by atoms with Crippen LogP contribution in [0.2, 0.25) is 0 Å². The van der Waals surface area contributed by atoms with Gasteiger partial charge in [0.15, 0.2) is 0 Å². The molecule has 0 amide bonds. The summed E-state index contributed by atoms with van der Waals surface area (Å²) in [4.78, 5) is 0. The molecule has 2 nitrogen and oxygen atoms in total. The second-order valence-corrected chi connectivity index (χ2v) is 3.77. The third-order valence-electron chi connectivity index (χ3n) is 1.66. The van der Waals surface area contributed by atoms with Crippen LogP contribution >= 0.6 is 0 Å². The van der Waals surface area contributed by atoms with Gasteiger partial charge in [-0.2, -0.15) is 0 Å². The second kappa shape index (κ2) is 4.86. The fourth-order valence-electron chi connectivity index (χ4n) is 1.06. The minimum Gasteiger partial charge on any atom is -0.494 e. The Kier molecular flexibility index (Phi) is 3.76. The van der Waals surface area contributed by atoms with E-state index in [0.29, 0.717) is 6.61 Å². The molecule has 0 aliphatic rings. The van der Waals surface area contributed by atoms with Gasteiger partial charge in [0, 0.05) is 5.56 Å². The normalized spacial score (nSPS) is 10.4. The molecule has 0 saturated heterocycles. The van der Waals surface area contributed by atoms with Crippen LogP contribution in [0.1, 0.15) is 26.3 Å². The largest absolute Gasteiger partial charge is 0.494 e. The fraction of sp³-hybridized carbons (Fsp3) is 0.385. The third-order valence-corrected chi connectivity index (χ3v) is 1.66. The molecule has 0 aliphatic heterocycles. The monoisotopic (exact) mass is 204 g/mol. The molecule has 1 N–H and O–H groups in total. The lowest BCUT2D eigenvalue weighted by Gasteiger charge is -2.06. The highest BCUT2D eigenvalue weighted by Crippen LogP contribution is 2.12. The maximum atomic E-state index is 9.45. The summed E-state index contributed by atoms with van der Waals surface area (Å²) in [6.07, 6.45) is 0. The van der Waals surface area contributed by atoms with Crippen molar-refractivity contribution in [1.82, 2.24) is 0 Å². The Morgan fingerprint density at radius 1 is 1.40 bits per heavy atom. The maximum Gasteiger partial charge on any atom is 0.120 e. The van der Waals surface area contributed by atoms with Gasteiger partial charge < -0.3 is 9.84 Å². The van der Waals surface area contributed by atoms with E-state index in [4.69, 9.17) is 4.74 Å². The molecule has 0 fully saturated rings. The van der Waals surface area contributed by atoms with E-state index in [9.17, 15) is 5.11 Å². The molecule has 15 heavy (non-hydrogen) atoms. The van der Waals surface area contributed by atoms with Crippen LogP contribution in [-0.4, -0.2) is 17.3 Å². The Labute approximate surface area is 90.9 Å². The van der Waals surface area contributed by atoms with Gasteiger partial charge in [-0.1, -0.05) is 17.9 Å². The number of rotatable bonds is 2. The summed E-state index contributed by atoms with van der Waals surface area (Å²) < 4.78 is 5.35. The molecule has 80 valence electrons. The molecule has 0 radical (unpaired) electrons. The molecule has 0 saturated carbocycles. The standard InChI is InChI=1S/C13H16O2/c1-4-15-12-7-5-6-11(10-12)8-9-13(2,3)14/h5-7,10,14H,4H2,1-3H3. The van der Waals surface area contributed by atoms with Crippen molar-refractivity contribution in [2.24, 2.45) is 0 Å². The predicted octanol–water partition coefficient (Wildman–Crippen LogP) is 2.21. The molecular formula is C13H16O2. The first kappa shape index (κ1) is 11.6. The van der Waals surface area contributed by atoms with Gasteiger partial charge in [-0.25, -0.2) is 0 Å². The Bertz CT molecular complexity index is 378. The molecule has 1 aromatic carbocycles. The molecule has 1 aromatic rings. The summed E-state index contributed by atoms with van der Waals surface area (Å²) in [6.45, 7) is 5.90. The first-order valence-corrected chi connectivity index (χ1v) is 4.99. The van der Waals surface area contributed by atoms with Gasteiger partial charge in [0.2, 0.25) is 0 Å². The Morgan fingerprint density at radius 3 is 2.73 bits per heavy atom. The predicted molar refractivity (Wildman–Crippen MR) is 60.8 cm³/mol. The Morgan fingerprint density at radius 2 is 2.13 bits per heavy atom. The van der Waals surface area contributed by atoms with Crippen LogP contribution in [0.3, 0.4) is 0 Å². The van der Waals surface area contributed by atoms with E-state index in [1.807, 2.05) is 31.2 Å². The fourth-order valence-corrected chi connectivity index (χ4v) is 1.06. The lowest BCUT2D eigenvalue weighted by molar-refractivity contribution is 0.143. The highest BCUT2D eigenvalue weighted by atomic mass is 16.5. The van der Waals surface area contributed by atoms with Crippen LogP contribution in [0, 0.1) is 11.8 Å². The van der Waals surface area contributed by atoms with Crippen molar-refractivity contribution < 1.29 is 9.84 Å². The van der Waals surface area contributed by atoms with Crippen LogP contribution in [-0.2, 0) is 0 Å². The number of ether oxygens (including phenoxy) is 1. The molecule has 2 heteroatoms. The first-order chi connectivity index (χ1) is 7.01. The molecule has 0 spiro atoms. The van der Waals surface area contributed by atoms with E-state index < -0.39 is 5.60 Å². The van der Waals surface area contributed by atoms with E-state index >= 15 is 0 Å². The zero-order valence-electron chi connectivity index (χ0n) is 9.37. The van der Waals surface area contributed by atoms with E-state index in [1.54, 1.807) is 13.8 Å². The molecule has 0 aromatic heterocycles. The van der Waals surface area contributed by atoms with Crippen molar-refractivity contribution in [3.8, 4) is 17.6 Å². The van der Waals surface area contributed by atoms with Crippen molar-refractivity contribution in [3.05, 3.63) is 29.8 Å². The van der Waals surface area contributed by atoms with Crippen molar-refractivity contribution >= 4 is 0 Å². The van der Waals surface area contributed by atoms with Crippen LogP contribution < -0.4 is 4.74 Å². The smallest absolute Gasteiger partial charge is 0.120 e. The van der Waals surface area contributed by atoms with E-state index in [0.717, 1.165) is 11.3 Å². The average Bonchev–Trinajstić information content (AvgIpc) is 2.15. The van der Waals surface area contributed by atoms with E-state index in [1.165, 1.54) is 0 Å². The van der Waals surface area contributed by atoms with E-state index in [2.05, 4.69) is 11.8 Å². The molecule has 0 atom stereocenters. The molecule has 0 unspecified atom stereocenters. The number of hydrogen-bond acceptors (Lipinski definition) is 2. The summed E-state index contributed by atoms with van der Waals surface area (Å²) in [5, 5.41) is 9.45. The Hall–Kier alpha value is -1.46. The van der Waals surface area contributed by atoms with Gasteiger partial charge in [-0.15, -0.1) is 0 Å². The van der Waals surface area contributed by atoms with Crippen molar-refractivity contribution in [2.45, 2.75) is 26.4 Å².